The summed E-state index contributed by atoms with van der Waals surface area (Å²) in [4.78, 5) is 0. The maximum Gasteiger partial charge on any atom is 0.00134 e. The standard InChI is InChI=1S/C17H27N/c1-12(2)18-11-17(6-7-17)10-16-14(4)8-13(3)9-15(16)5/h8-9,12,18H,6-7,10-11H2,1-5H3. The molecule has 0 saturated heterocycles. The lowest BCUT2D eigenvalue weighted by Gasteiger charge is -2.21. The average Bonchev–Trinajstić information content (AvgIpc) is 3.01. The van der Waals surface area contributed by atoms with Gasteiger partial charge in [-0.05, 0) is 62.1 Å². The van der Waals surface area contributed by atoms with E-state index in [0.717, 1.165) is 0 Å². The maximum absolute atomic E-state index is 3.62. The molecule has 1 N–H and O–H groups in total. The monoisotopic (exact) mass is 245 g/mol. The minimum Gasteiger partial charge on any atom is -0.314 e. The minimum absolute atomic E-state index is 0.551. The number of nitrogens with one attached hydrogen (secondary N) is 1. The van der Waals surface area contributed by atoms with E-state index < -0.39 is 0 Å². The Hall–Kier alpha value is -0.820. The van der Waals surface area contributed by atoms with E-state index in [1.807, 2.05) is 0 Å². The maximum atomic E-state index is 3.62. The van der Waals surface area contributed by atoms with E-state index in [1.165, 1.54) is 42.5 Å². The summed E-state index contributed by atoms with van der Waals surface area (Å²) in [5.41, 5.74) is 6.48. The summed E-state index contributed by atoms with van der Waals surface area (Å²) >= 11 is 0. The van der Waals surface area contributed by atoms with Crippen LogP contribution in [0.15, 0.2) is 12.1 Å². The normalized spacial score (nSPS) is 17.2. The van der Waals surface area contributed by atoms with Crippen LogP contribution < -0.4 is 5.32 Å². The zero-order valence-corrected chi connectivity index (χ0v) is 12.6. The van der Waals surface area contributed by atoms with Crippen molar-refractivity contribution in [2.75, 3.05) is 6.54 Å². The van der Waals surface area contributed by atoms with Gasteiger partial charge in [0.25, 0.3) is 0 Å². The van der Waals surface area contributed by atoms with Gasteiger partial charge in [0.15, 0.2) is 0 Å². The molecule has 0 aliphatic heterocycles. The molecular weight excluding hydrogens is 218 g/mol. The first-order valence-corrected chi connectivity index (χ1v) is 7.22. The van der Waals surface area contributed by atoms with Gasteiger partial charge < -0.3 is 5.32 Å². The van der Waals surface area contributed by atoms with Crippen LogP contribution in [-0.4, -0.2) is 12.6 Å². The summed E-state index contributed by atoms with van der Waals surface area (Å²) in [6, 6.07) is 5.26. The van der Waals surface area contributed by atoms with Gasteiger partial charge in [-0.2, -0.15) is 0 Å². The molecule has 0 bridgehead atoms. The molecule has 0 spiro atoms. The predicted molar refractivity (Wildman–Crippen MR) is 79.2 cm³/mol. The molecule has 1 aliphatic rings. The highest BCUT2D eigenvalue weighted by Gasteiger charge is 2.42. The second kappa shape index (κ2) is 5.05. The molecule has 1 heteroatoms. The van der Waals surface area contributed by atoms with E-state index in [0.29, 0.717) is 11.5 Å². The third-order valence-corrected chi connectivity index (χ3v) is 4.23. The van der Waals surface area contributed by atoms with Gasteiger partial charge in [0.05, 0.1) is 0 Å². The Morgan fingerprint density at radius 3 is 2.11 bits per heavy atom. The van der Waals surface area contributed by atoms with Crippen molar-refractivity contribution in [2.45, 2.75) is 59.9 Å². The third-order valence-electron chi connectivity index (χ3n) is 4.23. The first-order chi connectivity index (χ1) is 8.42. The summed E-state index contributed by atoms with van der Waals surface area (Å²) in [7, 11) is 0. The van der Waals surface area contributed by atoms with Crippen LogP contribution in [0, 0.1) is 26.2 Å². The van der Waals surface area contributed by atoms with E-state index in [9.17, 15) is 0 Å². The van der Waals surface area contributed by atoms with Crippen LogP contribution in [0.25, 0.3) is 0 Å². The van der Waals surface area contributed by atoms with Crippen molar-refractivity contribution in [3.05, 3.63) is 34.4 Å². The van der Waals surface area contributed by atoms with E-state index in [2.05, 4.69) is 52.1 Å². The van der Waals surface area contributed by atoms with Gasteiger partial charge in [-0.3, -0.25) is 0 Å². The molecule has 0 aromatic heterocycles. The summed E-state index contributed by atoms with van der Waals surface area (Å²) < 4.78 is 0. The molecule has 1 saturated carbocycles. The van der Waals surface area contributed by atoms with Crippen molar-refractivity contribution in [1.29, 1.82) is 0 Å². The summed E-state index contributed by atoms with van der Waals surface area (Å²) in [5.74, 6) is 0. The largest absolute Gasteiger partial charge is 0.314 e. The fourth-order valence-electron chi connectivity index (χ4n) is 2.88. The zero-order chi connectivity index (χ0) is 13.3. The van der Waals surface area contributed by atoms with Crippen LogP contribution in [-0.2, 0) is 6.42 Å². The molecule has 1 fully saturated rings. The number of benzene rings is 1. The molecule has 0 heterocycles. The molecule has 18 heavy (non-hydrogen) atoms. The molecule has 0 unspecified atom stereocenters. The number of hydrogen-bond donors (Lipinski definition) is 1. The Morgan fingerprint density at radius 2 is 1.67 bits per heavy atom. The van der Waals surface area contributed by atoms with Crippen LogP contribution in [0.2, 0.25) is 0 Å². The van der Waals surface area contributed by atoms with Gasteiger partial charge in [-0.15, -0.1) is 0 Å². The fourth-order valence-corrected chi connectivity index (χ4v) is 2.88. The van der Waals surface area contributed by atoms with E-state index in [-0.39, 0.29) is 0 Å². The molecule has 0 atom stereocenters. The van der Waals surface area contributed by atoms with Gasteiger partial charge in [0.1, 0.15) is 0 Å². The topological polar surface area (TPSA) is 12.0 Å². The molecule has 1 nitrogen and oxygen atoms in total. The number of aryl methyl sites for hydroxylation is 3. The van der Waals surface area contributed by atoms with Crippen LogP contribution in [0.1, 0.15) is 48.9 Å². The van der Waals surface area contributed by atoms with Crippen molar-refractivity contribution >= 4 is 0 Å². The van der Waals surface area contributed by atoms with E-state index in [4.69, 9.17) is 0 Å². The lowest BCUT2D eigenvalue weighted by Crippen LogP contribution is -2.31. The van der Waals surface area contributed by atoms with Crippen LogP contribution in [0.3, 0.4) is 0 Å². The summed E-state index contributed by atoms with van der Waals surface area (Å²) in [6.07, 6.45) is 4.03. The highest BCUT2D eigenvalue weighted by atomic mass is 14.9. The quantitative estimate of drug-likeness (QED) is 0.828. The molecule has 1 aromatic carbocycles. The summed E-state index contributed by atoms with van der Waals surface area (Å²) in [5, 5.41) is 3.62. The molecule has 100 valence electrons. The fraction of sp³-hybridized carbons (Fsp3) is 0.647. The molecule has 0 radical (unpaired) electrons. The highest BCUT2D eigenvalue weighted by Crippen LogP contribution is 2.48. The van der Waals surface area contributed by atoms with Crippen LogP contribution in [0.4, 0.5) is 0 Å². The first kappa shape index (κ1) is 13.6. The van der Waals surface area contributed by atoms with Gasteiger partial charge in [-0.1, -0.05) is 31.5 Å². The molecule has 2 rings (SSSR count). The van der Waals surface area contributed by atoms with E-state index >= 15 is 0 Å². The second-order valence-electron chi connectivity index (χ2n) is 6.59. The van der Waals surface area contributed by atoms with Crippen LogP contribution >= 0.6 is 0 Å². The van der Waals surface area contributed by atoms with Crippen molar-refractivity contribution in [1.82, 2.24) is 5.32 Å². The zero-order valence-electron chi connectivity index (χ0n) is 12.6. The smallest absolute Gasteiger partial charge is 0.00134 e. The Morgan fingerprint density at radius 1 is 1.11 bits per heavy atom. The minimum atomic E-state index is 0.551. The lowest BCUT2D eigenvalue weighted by atomic mass is 9.89. The molecule has 1 aliphatic carbocycles. The molecule has 1 aromatic rings. The Labute approximate surface area is 112 Å². The third kappa shape index (κ3) is 3.14. The van der Waals surface area contributed by atoms with Crippen molar-refractivity contribution in [3.63, 3.8) is 0 Å². The number of rotatable bonds is 5. The Kier molecular flexibility index (Phi) is 3.82. The Bertz CT molecular complexity index is 404. The van der Waals surface area contributed by atoms with Gasteiger partial charge in [-0.25, -0.2) is 0 Å². The van der Waals surface area contributed by atoms with Gasteiger partial charge >= 0.3 is 0 Å². The first-order valence-electron chi connectivity index (χ1n) is 7.22. The van der Waals surface area contributed by atoms with Gasteiger partial charge in [0.2, 0.25) is 0 Å². The summed E-state index contributed by atoms with van der Waals surface area (Å²) in [6.45, 7) is 12.4. The van der Waals surface area contributed by atoms with E-state index in [1.54, 1.807) is 5.56 Å². The van der Waals surface area contributed by atoms with Crippen LogP contribution in [0.5, 0.6) is 0 Å². The molecular formula is C17H27N. The van der Waals surface area contributed by atoms with Crippen molar-refractivity contribution in [2.24, 2.45) is 5.41 Å². The SMILES string of the molecule is Cc1cc(C)c(CC2(CNC(C)C)CC2)c(C)c1. The molecule has 0 amide bonds. The lowest BCUT2D eigenvalue weighted by molar-refractivity contribution is 0.428. The number of hydrogen-bond acceptors (Lipinski definition) is 1. The average molecular weight is 245 g/mol. The second-order valence-corrected chi connectivity index (χ2v) is 6.59. The predicted octanol–water partition coefficient (Wildman–Crippen LogP) is 3.93. The van der Waals surface area contributed by atoms with Crippen molar-refractivity contribution < 1.29 is 0 Å². The Balaban J connectivity index is 2.10. The van der Waals surface area contributed by atoms with Gasteiger partial charge in [0, 0.05) is 12.6 Å². The van der Waals surface area contributed by atoms with Crippen molar-refractivity contribution in [3.8, 4) is 0 Å². The highest BCUT2D eigenvalue weighted by molar-refractivity contribution is 5.38.